The summed E-state index contributed by atoms with van der Waals surface area (Å²) in [4.78, 5) is 0. The Balaban J connectivity index is 1.68. The van der Waals surface area contributed by atoms with Gasteiger partial charge in [0.15, 0.2) is 0 Å². The molecule has 1 unspecified atom stereocenters. The topological polar surface area (TPSA) is 27.7 Å². The van der Waals surface area contributed by atoms with Crippen LogP contribution in [-0.4, -0.2) is 25.1 Å². The molecule has 0 aromatic heterocycles. The van der Waals surface area contributed by atoms with Crippen molar-refractivity contribution in [1.29, 1.82) is 0 Å². The van der Waals surface area contributed by atoms with Crippen LogP contribution in [0, 0.1) is 0 Å². The van der Waals surface area contributed by atoms with Crippen LogP contribution in [0.3, 0.4) is 0 Å². The van der Waals surface area contributed by atoms with Crippen molar-refractivity contribution in [1.82, 2.24) is 0 Å². The molecule has 0 bridgehead atoms. The summed E-state index contributed by atoms with van der Waals surface area (Å²) < 4.78 is 18.0. The summed E-state index contributed by atoms with van der Waals surface area (Å²) in [5.41, 5.74) is 0. The Kier molecular flexibility index (Phi) is 4.04. The summed E-state index contributed by atoms with van der Waals surface area (Å²) in [5.74, 6) is 0.480. The quantitative estimate of drug-likeness (QED) is 0.777. The smallest absolute Gasteiger partial charge is 0.210 e. The van der Waals surface area contributed by atoms with E-state index >= 15 is 0 Å². The molecule has 1 aliphatic heterocycles. The number of ether oxygens (including phenoxy) is 3. The van der Waals surface area contributed by atoms with Gasteiger partial charge >= 0.3 is 0 Å². The van der Waals surface area contributed by atoms with Gasteiger partial charge in [-0.25, -0.2) is 0 Å². The van der Waals surface area contributed by atoms with Gasteiger partial charge in [-0.2, -0.15) is 0 Å². The molecule has 1 heterocycles. The predicted molar refractivity (Wildman–Crippen MR) is 73.2 cm³/mol. The summed E-state index contributed by atoms with van der Waals surface area (Å²) in [7, 11) is 0. The Bertz CT molecular complexity index is 378. The number of para-hydroxylation sites is 1. The average Bonchev–Trinajstić information content (AvgIpc) is 2.89. The second-order valence-electron chi connectivity index (χ2n) is 5.49. The maximum atomic E-state index is 6.30. The van der Waals surface area contributed by atoms with E-state index in [1.807, 2.05) is 30.3 Å². The van der Waals surface area contributed by atoms with Gasteiger partial charge in [-0.3, -0.25) is 0 Å². The first kappa shape index (κ1) is 12.9. The molecule has 3 heteroatoms. The molecule has 1 aliphatic carbocycles. The van der Waals surface area contributed by atoms with Gasteiger partial charge in [0.2, 0.25) is 5.79 Å². The van der Waals surface area contributed by atoms with Crippen molar-refractivity contribution in [2.24, 2.45) is 0 Å². The summed E-state index contributed by atoms with van der Waals surface area (Å²) in [6.45, 7) is 1.58. The van der Waals surface area contributed by atoms with E-state index in [1.54, 1.807) is 0 Å². The SMILES string of the molecule is c1ccc(OC2(OC3CCCOC3)CCCC2)cc1. The van der Waals surface area contributed by atoms with E-state index in [1.165, 1.54) is 12.8 Å². The number of hydrogen-bond acceptors (Lipinski definition) is 3. The van der Waals surface area contributed by atoms with Crippen LogP contribution >= 0.6 is 0 Å². The standard InChI is InChI=1S/C16H22O3/c1-2-7-14(8-3-1)18-16(10-4-5-11-16)19-15-9-6-12-17-13-15/h1-3,7-8,15H,4-6,9-13H2. The molecule has 3 nitrogen and oxygen atoms in total. The lowest BCUT2D eigenvalue weighted by atomic mass is 10.1. The first-order chi connectivity index (χ1) is 9.36. The van der Waals surface area contributed by atoms with Gasteiger partial charge in [0, 0.05) is 19.4 Å². The molecule has 104 valence electrons. The van der Waals surface area contributed by atoms with Crippen molar-refractivity contribution in [2.75, 3.05) is 13.2 Å². The first-order valence-corrected chi connectivity index (χ1v) is 7.36. The van der Waals surface area contributed by atoms with Crippen LogP contribution in [0.25, 0.3) is 0 Å². The Labute approximate surface area is 114 Å². The van der Waals surface area contributed by atoms with E-state index in [4.69, 9.17) is 14.2 Å². The number of hydrogen-bond donors (Lipinski definition) is 0. The summed E-state index contributed by atoms with van der Waals surface area (Å²) in [5, 5.41) is 0. The number of rotatable bonds is 4. The number of benzene rings is 1. The first-order valence-electron chi connectivity index (χ1n) is 7.36. The molecule has 1 saturated carbocycles. The Morgan fingerprint density at radius 1 is 1.05 bits per heavy atom. The Hall–Kier alpha value is -1.06. The zero-order valence-corrected chi connectivity index (χ0v) is 11.3. The third-order valence-electron chi connectivity index (χ3n) is 3.91. The van der Waals surface area contributed by atoms with Gasteiger partial charge in [-0.05, 0) is 37.8 Å². The summed E-state index contributed by atoms with van der Waals surface area (Å²) in [6.07, 6.45) is 6.69. The van der Waals surface area contributed by atoms with Gasteiger partial charge in [0.25, 0.3) is 0 Å². The lowest BCUT2D eigenvalue weighted by Crippen LogP contribution is -2.42. The van der Waals surface area contributed by atoms with Gasteiger partial charge in [0.05, 0.1) is 12.7 Å². The minimum absolute atomic E-state index is 0.190. The monoisotopic (exact) mass is 262 g/mol. The predicted octanol–water partition coefficient (Wildman–Crippen LogP) is 3.53. The van der Waals surface area contributed by atoms with Crippen molar-refractivity contribution >= 4 is 0 Å². The fourth-order valence-corrected chi connectivity index (χ4v) is 2.97. The molecular formula is C16H22O3. The summed E-state index contributed by atoms with van der Waals surface area (Å²) >= 11 is 0. The molecule has 1 aromatic rings. The molecule has 1 saturated heterocycles. The van der Waals surface area contributed by atoms with Gasteiger partial charge < -0.3 is 14.2 Å². The molecule has 0 N–H and O–H groups in total. The minimum atomic E-state index is -0.424. The molecule has 2 aliphatic rings. The zero-order chi connectivity index (χ0) is 13.0. The van der Waals surface area contributed by atoms with E-state index in [-0.39, 0.29) is 6.10 Å². The van der Waals surface area contributed by atoms with Crippen LogP contribution in [0.15, 0.2) is 30.3 Å². The van der Waals surface area contributed by atoms with Crippen molar-refractivity contribution in [3.63, 3.8) is 0 Å². The Morgan fingerprint density at radius 3 is 2.53 bits per heavy atom. The molecule has 2 fully saturated rings. The van der Waals surface area contributed by atoms with E-state index in [9.17, 15) is 0 Å². The highest BCUT2D eigenvalue weighted by Crippen LogP contribution is 2.37. The van der Waals surface area contributed by atoms with Crippen LogP contribution in [0.5, 0.6) is 5.75 Å². The minimum Gasteiger partial charge on any atom is -0.462 e. The van der Waals surface area contributed by atoms with Gasteiger partial charge in [0.1, 0.15) is 5.75 Å². The molecule has 1 atom stereocenters. The average molecular weight is 262 g/mol. The highest BCUT2D eigenvalue weighted by Gasteiger charge is 2.40. The second-order valence-corrected chi connectivity index (χ2v) is 5.49. The molecular weight excluding hydrogens is 240 g/mol. The normalized spacial score (nSPS) is 26.2. The highest BCUT2D eigenvalue weighted by molar-refractivity contribution is 5.21. The van der Waals surface area contributed by atoms with Crippen LogP contribution in [-0.2, 0) is 9.47 Å². The molecule has 0 spiro atoms. The maximum absolute atomic E-state index is 6.30. The molecule has 3 rings (SSSR count). The maximum Gasteiger partial charge on any atom is 0.210 e. The molecule has 1 aromatic carbocycles. The fourth-order valence-electron chi connectivity index (χ4n) is 2.97. The summed E-state index contributed by atoms with van der Waals surface area (Å²) in [6, 6.07) is 10.0. The van der Waals surface area contributed by atoms with E-state index in [2.05, 4.69) is 0 Å². The van der Waals surface area contributed by atoms with Crippen LogP contribution in [0.2, 0.25) is 0 Å². The van der Waals surface area contributed by atoms with Gasteiger partial charge in [-0.15, -0.1) is 0 Å². The Morgan fingerprint density at radius 2 is 1.84 bits per heavy atom. The van der Waals surface area contributed by atoms with Crippen molar-refractivity contribution in [3.05, 3.63) is 30.3 Å². The lowest BCUT2D eigenvalue weighted by molar-refractivity contribution is -0.225. The van der Waals surface area contributed by atoms with Gasteiger partial charge in [-0.1, -0.05) is 18.2 Å². The van der Waals surface area contributed by atoms with Crippen LogP contribution in [0.4, 0.5) is 0 Å². The molecule has 0 radical (unpaired) electrons. The zero-order valence-electron chi connectivity index (χ0n) is 11.3. The lowest BCUT2D eigenvalue weighted by Gasteiger charge is -2.35. The van der Waals surface area contributed by atoms with Crippen molar-refractivity contribution < 1.29 is 14.2 Å². The van der Waals surface area contributed by atoms with E-state index in [0.29, 0.717) is 6.61 Å². The fraction of sp³-hybridized carbons (Fsp3) is 0.625. The molecule has 19 heavy (non-hydrogen) atoms. The van der Waals surface area contributed by atoms with Crippen LogP contribution < -0.4 is 4.74 Å². The van der Waals surface area contributed by atoms with Crippen molar-refractivity contribution in [2.45, 2.75) is 50.4 Å². The third kappa shape index (κ3) is 3.28. The second kappa shape index (κ2) is 5.93. The third-order valence-corrected chi connectivity index (χ3v) is 3.91. The molecule has 0 amide bonds. The van der Waals surface area contributed by atoms with Crippen LogP contribution in [0.1, 0.15) is 38.5 Å². The largest absolute Gasteiger partial charge is 0.462 e. The highest BCUT2D eigenvalue weighted by atomic mass is 16.7. The van der Waals surface area contributed by atoms with E-state index < -0.39 is 5.79 Å². The van der Waals surface area contributed by atoms with Crippen molar-refractivity contribution in [3.8, 4) is 5.75 Å². The van der Waals surface area contributed by atoms with E-state index in [0.717, 1.165) is 38.0 Å².